The summed E-state index contributed by atoms with van der Waals surface area (Å²) in [6.07, 6.45) is -0.0162. The van der Waals surface area contributed by atoms with Gasteiger partial charge in [-0.2, -0.15) is 5.26 Å². The third-order valence-electron chi connectivity index (χ3n) is 2.15. The predicted molar refractivity (Wildman–Crippen MR) is 60.6 cm³/mol. The third-order valence-corrected chi connectivity index (χ3v) is 2.15. The van der Waals surface area contributed by atoms with E-state index in [2.05, 4.69) is 10.3 Å². The standard InChI is InChI=1S/C10H12N4O3/c1-7(17-2)6-12-10-4-3-9(14(15)16)8(5-11)13-10/h3-4,7H,6H2,1-2H3,(H,12,13). The van der Waals surface area contributed by atoms with Gasteiger partial charge in [-0.05, 0) is 13.0 Å². The fourth-order valence-electron chi connectivity index (χ4n) is 1.11. The van der Waals surface area contributed by atoms with Crippen LogP contribution in [0.25, 0.3) is 0 Å². The highest BCUT2D eigenvalue weighted by molar-refractivity contribution is 5.50. The smallest absolute Gasteiger partial charge is 0.305 e. The lowest BCUT2D eigenvalue weighted by molar-refractivity contribution is -0.385. The van der Waals surface area contributed by atoms with Crippen LogP contribution in [0.4, 0.5) is 11.5 Å². The lowest BCUT2D eigenvalue weighted by Crippen LogP contribution is -2.18. The Kier molecular flexibility index (Phi) is 4.37. The minimum atomic E-state index is -0.632. The van der Waals surface area contributed by atoms with E-state index in [4.69, 9.17) is 10.00 Å². The van der Waals surface area contributed by atoms with Crippen molar-refractivity contribution in [2.24, 2.45) is 0 Å². The summed E-state index contributed by atoms with van der Waals surface area (Å²) in [7, 11) is 1.58. The highest BCUT2D eigenvalue weighted by atomic mass is 16.6. The first-order valence-electron chi connectivity index (χ1n) is 4.90. The summed E-state index contributed by atoms with van der Waals surface area (Å²) in [6.45, 7) is 2.37. The molecule has 17 heavy (non-hydrogen) atoms. The molecule has 1 atom stereocenters. The molecule has 0 aromatic carbocycles. The van der Waals surface area contributed by atoms with Gasteiger partial charge >= 0.3 is 5.69 Å². The lowest BCUT2D eigenvalue weighted by atomic mass is 10.3. The summed E-state index contributed by atoms with van der Waals surface area (Å²) in [4.78, 5) is 13.8. The SMILES string of the molecule is COC(C)CNc1ccc([N+](=O)[O-])c(C#N)n1. The van der Waals surface area contributed by atoms with Gasteiger partial charge in [-0.15, -0.1) is 0 Å². The van der Waals surface area contributed by atoms with Gasteiger partial charge in [-0.1, -0.05) is 0 Å². The largest absolute Gasteiger partial charge is 0.380 e. The van der Waals surface area contributed by atoms with Gasteiger partial charge in [-0.3, -0.25) is 10.1 Å². The first kappa shape index (κ1) is 12.9. The van der Waals surface area contributed by atoms with Crippen molar-refractivity contribution < 1.29 is 9.66 Å². The molecule has 1 rings (SSSR count). The summed E-state index contributed by atoms with van der Waals surface area (Å²) in [5, 5.41) is 22.3. The highest BCUT2D eigenvalue weighted by Crippen LogP contribution is 2.17. The van der Waals surface area contributed by atoms with E-state index in [1.165, 1.54) is 12.1 Å². The van der Waals surface area contributed by atoms with Crippen molar-refractivity contribution in [1.29, 1.82) is 5.26 Å². The number of rotatable bonds is 5. The van der Waals surface area contributed by atoms with Crippen LogP contribution in [0.15, 0.2) is 12.1 Å². The van der Waals surface area contributed by atoms with Crippen molar-refractivity contribution in [3.63, 3.8) is 0 Å². The van der Waals surface area contributed by atoms with Gasteiger partial charge in [0.15, 0.2) is 0 Å². The van der Waals surface area contributed by atoms with Gasteiger partial charge in [0.05, 0.1) is 11.0 Å². The monoisotopic (exact) mass is 236 g/mol. The number of methoxy groups -OCH3 is 1. The van der Waals surface area contributed by atoms with Gasteiger partial charge in [-0.25, -0.2) is 4.98 Å². The molecule has 0 aliphatic heterocycles. The molecular formula is C10H12N4O3. The van der Waals surface area contributed by atoms with Crippen molar-refractivity contribution in [2.75, 3.05) is 19.0 Å². The summed E-state index contributed by atoms with van der Waals surface area (Å²) in [6, 6.07) is 4.41. The van der Waals surface area contributed by atoms with Crippen LogP contribution in [-0.4, -0.2) is 29.7 Å². The molecule has 0 aliphatic carbocycles. The molecule has 7 heteroatoms. The Balaban J connectivity index is 2.84. The Bertz CT molecular complexity index is 455. The first-order valence-corrected chi connectivity index (χ1v) is 4.90. The van der Waals surface area contributed by atoms with E-state index in [0.717, 1.165) is 0 Å². The van der Waals surface area contributed by atoms with E-state index in [1.807, 2.05) is 6.92 Å². The molecule has 0 radical (unpaired) electrons. The van der Waals surface area contributed by atoms with Crippen LogP contribution in [0.5, 0.6) is 0 Å². The number of nitro groups is 1. The van der Waals surface area contributed by atoms with Crippen LogP contribution in [0.3, 0.4) is 0 Å². The van der Waals surface area contributed by atoms with Gasteiger partial charge < -0.3 is 10.1 Å². The van der Waals surface area contributed by atoms with Crippen LogP contribution in [-0.2, 0) is 4.74 Å². The Morgan fingerprint density at radius 1 is 1.71 bits per heavy atom. The van der Waals surface area contributed by atoms with Gasteiger partial charge in [0.1, 0.15) is 11.9 Å². The second kappa shape index (κ2) is 5.77. The average molecular weight is 236 g/mol. The number of hydrogen-bond donors (Lipinski definition) is 1. The minimum Gasteiger partial charge on any atom is -0.380 e. The topological polar surface area (TPSA) is 101 Å². The van der Waals surface area contributed by atoms with Crippen molar-refractivity contribution in [3.05, 3.63) is 27.9 Å². The molecule has 1 aromatic rings. The van der Waals surface area contributed by atoms with Crippen molar-refractivity contribution in [1.82, 2.24) is 4.98 Å². The molecule has 0 saturated heterocycles. The van der Waals surface area contributed by atoms with E-state index < -0.39 is 4.92 Å². The number of nitriles is 1. The Morgan fingerprint density at radius 2 is 2.41 bits per heavy atom. The lowest BCUT2D eigenvalue weighted by Gasteiger charge is -2.10. The molecular weight excluding hydrogens is 224 g/mol. The van der Waals surface area contributed by atoms with E-state index in [1.54, 1.807) is 13.2 Å². The maximum Gasteiger partial charge on any atom is 0.305 e. The predicted octanol–water partition coefficient (Wildman–Crippen LogP) is 1.31. The Hall–Kier alpha value is -2.20. The summed E-state index contributed by atoms with van der Waals surface area (Å²) < 4.78 is 5.03. The molecule has 0 saturated carbocycles. The summed E-state index contributed by atoms with van der Waals surface area (Å²) in [5.74, 6) is 0.413. The van der Waals surface area contributed by atoms with Crippen molar-refractivity contribution >= 4 is 11.5 Å². The zero-order chi connectivity index (χ0) is 12.8. The van der Waals surface area contributed by atoms with Crippen LogP contribution >= 0.6 is 0 Å². The van der Waals surface area contributed by atoms with Crippen LogP contribution in [0, 0.1) is 21.4 Å². The van der Waals surface area contributed by atoms with Gasteiger partial charge in [0, 0.05) is 19.7 Å². The van der Waals surface area contributed by atoms with E-state index in [9.17, 15) is 10.1 Å². The fraction of sp³-hybridized carbons (Fsp3) is 0.400. The third kappa shape index (κ3) is 3.39. The summed E-state index contributed by atoms with van der Waals surface area (Å²) >= 11 is 0. The van der Waals surface area contributed by atoms with Gasteiger partial charge in [0.2, 0.25) is 5.69 Å². The normalized spacial score (nSPS) is 11.6. The Labute approximate surface area is 98.2 Å². The average Bonchev–Trinajstić information content (AvgIpc) is 2.35. The number of nitrogens with one attached hydrogen (secondary N) is 1. The second-order valence-corrected chi connectivity index (χ2v) is 3.36. The van der Waals surface area contributed by atoms with Crippen LogP contribution < -0.4 is 5.32 Å². The number of anilines is 1. The molecule has 1 unspecified atom stereocenters. The highest BCUT2D eigenvalue weighted by Gasteiger charge is 2.15. The molecule has 0 spiro atoms. The van der Waals surface area contributed by atoms with E-state index in [-0.39, 0.29) is 17.5 Å². The maximum atomic E-state index is 10.6. The number of ether oxygens (including phenoxy) is 1. The fourth-order valence-corrected chi connectivity index (χ4v) is 1.11. The molecule has 1 heterocycles. The maximum absolute atomic E-state index is 10.6. The molecule has 0 aliphatic rings. The van der Waals surface area contributed by atoms with E-state index in [0.29, 0.717) is 12.4 Å². The first-order chi connectivity index (χ1) is 8.08. The van der Waals surface area contributed by atoms with E-state index >= 15 is 0 Å². The van der Waals surface area contributed by atoms with Crippen molar-refractivity contribution in [2.45, 2.75) is 13.0 Å². The quantitative estimate of drug-likeness (QED) is 0.610. The molecule has 1 N–H and O–H groups in total. The van der Waals surface area contributed by atoms with Crippen molar-refractivity contribution in [3.8, 4) is 6.07 Å². The number of nitrogens with zero attached hydrogens (tertiary/aromatic N) is 3. The molecule has 0 bridgehead atoms. The number of aromatic nitrogens is 1. The van der Waals surface area contributed by atoms with Crippen LogP contribution in [0.1, 0.15) is 12.6 Å². The number of hydrogen-bond acceptors (Lipinski definition) is 6. The molecule has 90 valence electrons. The molecule has 0 fully saturated rings. The molecule has 0 amide bonds. The zero-order valence-electron chi connectivity index (χ0n) is 9.51. The number of pyridine rings is 1. The van der Waals surface area contributed by atoms with Crippen LogP contribution in [0.2, 0.25) is 0 Å². The zero-order valence-corrected chi connectivity index (χ0v) is 9.51. The minimum absolute atomic E-state index is 0.0162. The molecule has 7 nitrogen and oxygen atoms in total. The summed E-state index contributed by atoms with van der Waals surface area (Å²) in [5.41, 5.74) is -0.497. The second-order valence-electron chi connectivity index (χ2n) is 3.36. The molecule has 1 aromatic heterocycles. The van der Waals surface area contributed by atoms with Gasteiger partial charge in [0.25, 0.3) is 0 Å². The Morgan fingerprint density at radius 3 is 2.94 bits per heavy atom.